The van der Waals surface area contributed by atoms with E-state index in [2.05, 4.69) is 5.32 Å². The van der Waals surface area contributed by atoms with Crippen molar-refractivity contribution in [1.82, 2.24) is 5.32 Å². The maximum atomic E-state index is 11.6. The molecule has 2 atom stereocenters. The smallest absolute Gasteiger partial charge is 0.237 e. The van der Waals surface area contributed by atoms with Gasteiger partial charge in [0.1, 0.15) is 0 Å². The molecule has 0 aromatic heterocycles. The fourth-order valence-corrected chi connectivity index (χ4v) is 1.47. The lowest BCUT2D eigenvalue weighted by molar-refractivity contribution is -0.123. The van der Waals surface area contributed by atoms with Crippen LogP contribution in [0.2, 0.25) is 5.02 Å². The van der Waals surface area contributed by atoms with Crippen molar-refractivity contribution in [2.45, 2.75) is 32.4 Å². The number of nitrogens with two attached hydrogens (primary N) is 1. The zero-order valence-corrected chi connectivity index (χ0v) is 10.3. The largest absolute Gasteiger partial charge is 0.348 e. The van der Waals surface area contributed by atoms with Crippen LogP contribution in [0.15, 0.2) is 24.3 Å². The summed E-state index contributed by atoms with van der Waals surface area (Å²) < 4.78 is 0. The number of hydrogen-bond acceptors (Lipinski definition) is 2. The lowest BCUT2D eigenvalue weighted by Gasteiger charge is -2.17. The van der Waals surface area contributed by atoms with Crippen molar-refractivity contribution >= 4 is 17.5 Å². The molecule has 3 N–H and O–H groups in total. The molecule has 0 fully saturated rings. The van der Waals surface area contributed by atoms with Crippen LogP contribution in [0, 0.1) is 0 Å². The fraction of sp³-hybridized carbons (Fsp3) is 0.417. The van der Waals surface area contributed by atoms with E-state index in [1.165, 1.54) is 0 Å². The molecule has 1 aromatic rings. The zero-order valence-electron chi connectivity index (χ0n) is 9.53. The van der Waals surface area contributed by atoms with Crippen molar-refractivity contribution in [2.24, 2.45) is 5.73 Å². The van der Waals surface area contributed by atoms with Gasteiger partial charge in [-0.1, -0.05) is 30.7 Å². The van der Waals surface area contributed by atoms with Gasteiger partial charge in [0.2, 0.25) is 5.91 Å². The number of amides is 1. The summed E-state index contributed by atoms with van der Waals surface area (Å²) in [5.74, 6) is -0.120. The molecule has 0 aliphatic carbocycles. The first kappa shape index (κ1) is 13.0. The minimum Gasteiger partial charge on any atom is -0.348 e. The van der Waals surface area contributed by atoms with Crippen LogP contribution in [0.5, 0.6) is 0 Å². The number of carbonyl (C=O) groups is 1. The number of hydrogen-bond donors (Lipinski definition) is 2. The first-order chi connectivity index (χ1) is 7.54. The van der Waals surface area contributed by atoms with Crippen LogP contribution < -0.4 is 11.1 Å². The number of nitrogens with one attached hydrogen (secondary N) is 1. The van der Waals surface area contributed by atoms with E-state index >= 15 is 0 Å². The molecule has 1 amide bonds. The highest BCUT2D eigenvalue weighted by molar-refractivity contribution is 6.30. The summed E-state index contributed by atoms with van der Waals surface area (Å²) in [5.41, 5.74) is 6.65. The molecule has 0 saturated carbocycles. The summed E-state index contributed by atoms with van der Waals surface area (Å²) in [6.45, 7) is 3.81. The Kier molecular flexibility index (Phi) is 4.77. The van der Waals surface area contributed by atoms with Gasteiger partial charge in [-0.25, -0.2) is 0 Å². The number of halogens is 1. The summed E-state index contributed by atoms with van der Waals surface area (Å²) >= 11 is 5.79. The Morgan fingerprint density at radius 1 is 1.44 bits per heavy atom. The molecular formula is C12H17ClN2O. The molecule has 0 aliphatic heterocycles. The summed E-state index contributed by atoms with van der Waals surface area (Å²) in [6.07, 6.45) is 0.638. The van der Waals surface area contributed by atoms with Crippen LogP contribution in [-0.2, 0) is 4.79 Å². The molecule has 0 saturated heterocycles. The van der Waals surface area contributed by atoms with E-state index in [1.54, 1.807) is 12.1 Å². The Morgan fingerprint density at radius 3 is 2.50 bits per heavy atom. The maximum Gasteiger partial charge on any atom is 0.237 e. The van der Waals surface area contributed by atoms with Crippen LogP contribution in [0.4, 0.5) is 0 Å². The van der Waals surface area contributed by atoms with Gasteiger partial charge in [0.25, 0.3) is 0 Å². The van der Waals surface area contributed by atoms with Gasteiger partial charge in [-0.3, -0.25) is 4.79 Å². The normalized spacial score (nSPS) is 14.2. The molecule has 1 aromatic carbocycles. The zero-order chi connectivity index (χ0) is 12.1. The Bertz CT molecular complexity index is 351. The highest BCUT2D eigenvalue weighted by atomic mass is 35.5. The summed E-state index contributed by atoms with van der Waals surface area (Å²) in [4.78, 5) is 11.6. The fourth-order valence-electron chi connectivity index (χ4n) is 1.34. The molecule has 2 unspecified atom stereocenters. The van der Waals surface area contributed by atoms with Crippen LogP contribution in [-0.4, -0.2) is 11.9 Å². The third-order valence-electron chi connectivity index (χ3n) is 2.51. The highest BCUT2D eigenvalue weighted by Crippen LogP contribution is 2.15. The quantitative estimate of drug-likeness (QED) is 0.848. The second-order valence-corrected chi connectivity index (χ2v) is 4.23. The number of carbonyl (C=O) groups excluding carboxylic acids is 1. The van der Waals surface area contributed by atoms with E-state index in [9.17, 15) is 4.79 Å². The predicted molar refractivity (Wildman–Crippen MR) is 66.3 cm³/mol. The van der Waals surface area contributed by atoms with E-state index in [0.29, 0.717) is 11.4 Å². The molecule has 0 radical (unpaired) electrons. The number of benzene rings is 1. The Labute approximate surface area is 101 Å². The molecular weight excluding hydrogens is 224 g/mol. The molecule has 0 aliphatic rings. The van der Waals surface area contributed by atoms with Crippen LogP contribution in [0.1, 0.15) is 31.9 Å². The minimum atomic E-state index is -0.435. The molecule has 0 heterocycles. The van der Waals surface area contributed by atoms with Crippen LogP contribution >= 0.6 is 11.6 Å². The third-order valence-corrected chi connectivity index (χ3v) is 2.76. The van der Waals surface area contributed by atoms with Gasteiger partial charge >= 0.3 is 0 Å². The van der Waals surface area contributed by atoms with Gasteiger partial charge < -0.3 is 11.1 Å². The van der Waals surface area contributed by atoms with E-state index in [4.69, 9.17) is 17.3 Å². The van der Waals surface area contributed by atoms with Crippen LogP contribution in [0.3, 0.4) is 0 Å². The van der Waals surface area contributed by atoms with Crippen molar-refractivity contribution in [3.05, 3.63) is 34.9 Å². The lowest BCUT2D eigenvalue weighted by Crippen LogP contribution is -2.41. The van der Waals surface area contributed by atoms with Gasteiger partial charge in [-0.2, -0.15) is 0 Å². The van der Waals surface area contributed by atoms with Gasteiger partial charge in [-0.05, 0) is 31.0 Å². The number of rotatable bonds is 4. The maximum absolute atomic E-state index is 11.6. The molecule has 1 rings (SSSR count). The Morgan fingerprint density at radius 2 is 2.00 bits per heavy atom. The third kappa shape index (κ3) is 3.51. The monoisotopic (exact) mass is 240 g/mol. The average Bonchev–Trinajstić information content (AvgIpc) is 2.28. The van der Waals surface area contributed by atoms with E-state index in [-0.39, 0.29) is 11.9 Å². The SMILES string of the molecule is CCC(N)C(=O)NC(C)c1ccc(Cl)cc1. The Hall–Kier alpha value is -1.06. The molecule has 4 heteroatoms. The average molecular weight is 241 g/mol. The molecule has 0 spiro atoms. The summed E-state index contributed by atoms with van der Waals surface area (Å²) in [5, 5.41) is 3.55. The first-order valence-corrected chi connectivity index (χ1v) is 5.73. The van der Waals surface area contributed by atoms with Gasteiger partial charge in [-0.15, -0.1) is 0 Å². The molecule has 0 bridgehead atoms. The summed E-state index contributed by atoms with van der Waals surface area (Å²) in [7, 11) is 0. The topological polar surface area (TPSA) is 55.1 Å². The predicted octanol–water partition coefficient (Wildman–Crippen LogP) is 2.25. The van der Waals surface area contributed by atoms with Crippen molar-refractivity contribution in [1.29, 1.82) is 0 Å². The Balaban J connectivity index is 2.62. The van der Waals surface area contributed by atoms with Crippen molar-refractivity contribution in [3.63, 3.8) is 0 Å². The highest BCUT2D eigenvalue weighted by Gasteiger charge is 2.14. The van der Waals surface area contributed by atoms with E-state index in [1.807, 2.05) is 26.0 Å². The minimum absolute atomic E-state index is 0.0534. The van der Waals surface area contributed by atoms with Gasteiger partial charge in [0.05, 0.1) is 12.1 Å². The first-order valence-electron chi connectivity index (χ1n) is 5.36. The van der Waals surface area contributed by atoms with E-state index < -0.39 is 6.04 Å². The van der Waals surface area contributed by atoms with E-state index in [0.717, 1.165) is 5.56 Å². The standard InChI is InChI=1S/C12H17ClN2O/c1-3-11(14)12(16)15-8(2)9-4-6-10(13)7-5-9/h4-8,11H,3,14H2,1-2H3,(H,15,16). The van der Waals surface area contributed by atoms with Gasteiger partial charge in [0, 0.05) is 5.02 Å². The lowest BCUT2D eigenvalue weighted by atomic mass is 10.1. The van der Waals surface area contributed by atoms with Crippen LogP contribution in [0.25, 0.3) is 0 Å². The summed E-state index contributed by atoms with van der Waals surface area (Å²) in [6, 6.07) is 6.91. The molecule has 88 valence electrons. The van der Waals surface area contributed by atoms with Crippen molar-refractivity contribution in [2.75, 3.05) is 0 Å². The van der Waals surface area contributed by atoms with Crippen molar-refractivity contribution < 1.29 is 4.79 Å². The second-order valence-electron chi connectivity index (χ2n) is 3.80. The molecule has 16 heavy (non-hydrogen) atoms. The second kappa shape index (κ2) is 5.87. The van der Waals surface area contributed by atoms with Gasteiger partial charge in [0.15, 0.2) is 0 Å². The molecule has 3 nitrogen and oxygen atoms in total. The van der Waals surface area contributed by atoms with Crippen molar-refractivity contribution in [3.8, 4) is 0 Å².